The van der Waals surface area contributed by atoms with Crippen LogP contribution in [0.1, 0.15) is 36.6 Å². The molecule has 0 aliphatic carbocycles. The summed E-state index contributed by atoms with van der Waals surface area (Å²) < 4.78 is 40.0. The maximum Gasteiger partial charge on any atom is 0.433 e. The van der Waals surface area contributed by atoms with Gasteiger partial charge in [-0.25, -0.2) is 9.50 Å². The Bertz CT molecular complexity index is 1060. The van der Waals surface area contributed by atoms with Crippen LogP contribution in [0.4, 0.5) is 13.2 Å². The lowest BCUT2D eigenvalue weighted by Gasteiger charge is -2.13. The number of pyridine rings is 1. The monoisotopic (exact) mass is 347 g/mol. The average molecular weight is 347 g/mol. The van der Waals surface area contributed by atoms with Crippen molar-refractivity contribution in [3.63, 3.8) is 0 Å². The SMILES string of the molecule is CC(C)c1c(-c2ccnc(C(F)(F)F)c2)nc2c(C#N)c[nH]n2c1=O. The van der Waals surface area contributed by atoms with Gasteiger partial charge in [-0.05, 0) is 18.1 Å². The van der Waals surface area contributed by atoms with Gasteiger partial charge in [-0.1, -0.05) is 13.8 Å². The number of aromatic amines is 1. The zero-order valence-corrected chi connectivity index (χ0v) is 13.2. The first kappa shape index (κ1) is 16.7. The molecule has 0 fully saturated rings. The van der Waals surface area contributed by atoms with Gasteiger partial charge < -0.3 is 0 Å². The standard InChI is InChI=1S/C16H12F3N5O/c1-8(2)12-13(9-3-4-21-11(5-9)16(17,18)19)23-14-10(6-20)7-22-24(14)15(12)25/h3-5,7-8,22H,1-2H3. The third-order valence-electron chi connectivity index (χ3n) is 3.72. The summed E-state index contributed by atoms with van der Waals surface area (Å²) in [6.45, 7) is 3.49. The Morgan fingerprint density at radius 1 is 1.36 bits per heavy atom. The molecule has 128 valence electrons. The summed E-state index contributed by atoms with van der Waals surface area (Å²) in [6.07, 6.45) is -2.27. The number of hydrogen-bond acceptors (Lipinski definition) is 4. The Balaban J connectivity index is 2.37. The van der Waals surface area contributed by atoms with E-state index in [0.717, 1.165) is 16.8 Å². The molecule has 0 saturated heterocycles. The van der Waals surface area contributed by atoms with Crippen LogP contribution in [0.5, 0.6) is 0 Å². The van der Waals surface area contributed by atoms with E-state index in [1.807, 2.05) is 6.07 Å². The van der Waals surface area contributed by atoms with Crippen LogP contribution in [0.25, 0.3) is 16.9 Å². The van der Waals surface area contributed by atoms with E-state index in [1.165, 1.54) is 12.3 Å². The number of rotatable bonds is 2. The average Bonchev–Trinajstić information content (AvgIpc) is 2.97. The van der Waals surface area contributed by atoms with E-state index >= 15 is 0 Å². The first-order valence-electron chi connectivity index (χ1n) is 7.31. The van der Waals surface area contributed by atoms with Crippen molar-refractivity contribution in [3.8, 4) is 17.3 Å². The number of halogens is 3. The van der Waals surface area contributed by atoms with E-state index in [0.29, 0.717) is 0 Å². The second-order valence-corrected chi connectivity index (χ2v) is 5.72. The Kier molecular flexibility index (Phi) is 3.83. The van der Waals surface area contributed by atoms with E-state index < -0.39 is 17.4 Å². The highest BCUT2D eigenvalue weighted by Gasteiger charge is 2.33. The first-order chi connectivity index (χ1) is 11.7. The Hall–Kier alpha value is -3.15. The normalized spacial score (nSPS) is 11.9. The lowest BCUT2D eigenvalue weighted by Crippen LogP contribution is -2.22. The van der Waals surface area contributed by atoms with Gasteiger partial charge >= 0.3 is 6.18 Å². The van der Waals surface area contributed by atoms with E-state index in [9.17, 15) is 18.0 Å². The Morgan fingerprint density at radius 3 is 2.68 bits per heavy atom. The summed E-state index contributed by atoms with van der Waals surface area (Å²) in [7, 11) is 0. The molecule has 3 aromatic heterocycles. The molecule has 1 N–H and O–H groups in total. The third-order valence-corrected chi connectivity index (χ3v) is 3.72. The van der Waals surface area contributed by atoms with Crippen LogP contribution in [0.15, 0.2) is 29.3 Å². The molecule has 0 atom stereocenters. The predicted molar refractivity (Wildman–Crippen MR) is 82.8 cm³/mol. The molecule has 6 nitrogen and oxygen atoms in total. The van der Waals surface area contributed by atoms with Gasteiger partial charge in [0.15, 0.2) is 5.65 Å². The summed E-state index contributed by atoms with van der Waals surface area (Å²) in [5, 5.41) is 11.8. The molecule has 3 aromatic rings. The van der Waals surface area contributed by atoms with E-state index in [2.05, 4.69) is 15.1 Å². The van der Waals surface area contributed by atoms with Crippen molar-refractivity contribution in [2.75, 3.05) is 0 Å². The van der Waals surface area contributed by atoms with Crippen molar-refractivity contribution in [2.45, 2.75) is 25.9 Å². The molecule has 3 heterocycles. The highest BCUT2D eigenvalue weighted by molar-refractivity contribution is 5.68. The molecule has 0 saturated carbocycles. The second-order valence-electron chi connectivity index (χ2n) is 5.72. The number of aromatic nitrogens is 4. The third kappa shape index (κ3) is 2.76. The topological polar surface area (TPSA) is 86.8 Å². The van der Waals surface area contributed by atoms with Gasteiger partial charge in [-0.3, -0.25) is 14.9 Å². The molecule has 25 heavy (non-hydrogen) atoms. The van der Waals surface area contributed by atoms with Crippen molar-refractivity contribution in [1.82, 2.24) is 19.6 Å². The van der Waals surface area contributed by atoms with Crippen molar-refractivity contribution in [3.05, 3.63) is 51.7 Å². The van der Waals surface area contributed by atoms with Gasteiger partial charge in [0.1, 0.15) is 17.3 Å². The molecule has 0 amide bonds. The van der Waals surface area contributed by atoms with Crippen molar-refractivity contribution in [1.29, 1.82) is 5.26 Å². The summed E-state index contributed by atoms with van der Waals surface area (Å²) in [6, 6.07) is 4.10. The van der Waals surface area contributed by atoms with Gasteiger partial charge in [-0.15, -0.1) is 0 Å². The van der Waals surface area contributed by atoms with Crippen LogP contribution in [0.3, 0.4) is 0 Å². The lowest BCUT2D eigenvalue weighted by atomic mass is 9.98. The number of hydrogen-bond donors (Lipinski definition) is 1. The first-order valence-corrected chi connectivity index (χ1v) is 7.31. The zero-order valence-electron chi connectivity index (χ0n) is 13.2. The van der Waals surface area contributed by atoms with Crippen LogP contribution in [0.2, 0.25) is 0 Å². The fraction of sp³-hybridized carbons (Fsp3) is 0.250. The van der Waals surface area contributed by atoms with Crippen LogP contribution in [-0.2, 0) is 6.18 Å². The highest BCUT2D eigenvalue weighted by atomic mass is 19.4. The molecular formula is C16H12F3N5O. The number of nitriles is 1. The summed E-state index contributed by atoms with van der Waals surface area (Å²) in [5.41, 5.74) is -0.850. The van der Waals surface area contributed by atoms with Crippen LogP contribution in [0, 0.1) is 11.3 Å². The largest absolute Gasteiger partial charge is 0.433 e. The minimum absolute atomic E-state index is 0.0669. The molecule has 0 aromatic carbocycles. The Morgan fingerprint density at radius 2 is 2.08 bits per heavy atom. The molecule has 0 aliphatic heterocycles. The highest BCUT2D eigenvalue weighted by Crippen LogP contribution is 2.32. The minimum Gasteiger partial charge on any atom is -0.295 e. The molecule has 0 aliphatic rings. The van der Waals surface area contributed by atoms with E-state index in [-0.39, 0.29) is 33.9 Å². The number of nitrogens with one attached hydrogen (secondary N) is 1. The van der Waals surface area contributed by atoms with Crippen molar-refractivity contribution >= 4 is 5.65 Å². The van der Waals surface area contributed by atoms with Crippen molar-refractivity contribution < 1.29 is 13.2 Å². The van der Waals surface area contributed by atoms with Gasteiger partial charge in [0.25, 0.3) is 5.56 Å². The number of alkyl halides is 3. The van der Waals surface area contributed by atoms with Crippen molar-refractivity contribution in [2.24, 2.45) is 0 Å². The second kappa shape index (κ2) is 5.73. The number of H-pyrrole nitrogens is 1. The minimum atomic E-state index is -4.61. The van der Waals surface area contributed by atoms with E-state index in [4.69, 9.17) is 5.26 Å². The number of fused-ring (bicyclic) bond motifs is 1. The van der Waals surface area contributed by atoms with E-state index in [1.54, 1.807) is 13.8 Å². The molecular weight excluding hydrogens is 335 g/mol. The maximum atomic E-state index is 12.9. The van der Waals surface area contributed by atoms with Crippen LogP contribution >= 0.6 is 0 Å². The lowest BCUT2D eigenvalue weighted by molar-refractivity contribution is -0.141. The predicted octanol–water partition coefficient (Wildman–Crippen LogP) is 3.10. The summed E-state index contributed by atoms with van der Waals surface area (Å²) in [4.78, 5) is 20.3. The molecule has 0 spiro atoms. The van der Waals surface area contributed by atoms with Crippen LogP contribution < -0.4 is 5.56 Å². The summed E-state index contributed by atoms with van der Waals surface area (Å²) >= 11 is 0. The molecule has 0 unspecified atom stereocenters. The quantitative estimate of drug-likeness (QED) is 0.772. The number of nitrogens with zero attached hydrogens (tertiary/aromatic N) is 4. The van der Waals surface area contributed by atoms with Gasteiger partial charge in [0.05, 0.1) is 5.69 Å². The smallest absolute Gasteiger partial charge is 0.295 e. The molecule has 0 radical (unpaired) electrons. The van der Waals surface area contributed by atoms with Gasteiger partial charge in [0, 0.05) is 23.5 Å². The Labute approximate surface area is 139 Å². The molecule has 0 bridgehead atoms. The molecule has 3 rings (SSSR count). The zero-order chi connectivity index (χ0) is 18.4. The van der Waals surface area contributed by atoms with Gasteiger partial charge in [0.2, 0.25) is 0 Å². The van der Waals surface area contributed by atoms with Gasteiger partial charge in [-0.2, -0.15) is 18.4 Å². The molecule has 9 heteroatoms. The fourth-order valence-electron chi connectivity index (χ4n) is 2.58. The van der Waals surface area contributed by atoms with Crippen LogP contribution in [-0.4, -0.2) is 19.6 Å². The fourth-order valence-corrected chi connectivity index (χ4v) is 2.58. The summed E-state index contributed by atoms with van der Waals surface area (Å²) in [5.74, 6) is -0.289. The maximum absolute atomic E-state index is 12.9.